The summed E-state index contributed by atoms with van der Waals surface area (Å²) in [4.78, 5) is 0. The van der Waals surface area contributed by atoms with Gasteiger partial charge in [-0.05, 0) is 31.1 Å². The van der Waals surface area contributed by atoms with E-state index in [-0.39, 0.29) is 5.92 Å². The fourth-order valence-electron chi connectivity index (χ4n) is 2.43. The van der Waals surface area contributed by atoms with Crippen LogP contribution in [0.25, 0.3) is 0 Å². The van der Waals surface area contributed by atoms with Crippen LogP contribution in [0.1, 0.15) is 46.0 Å². The van der Waals surface area contributed by atoms with E-state index in [1.165, 1.54) is 0 Å². The molecule has 0 aliphatic heterocycles. The zero-order valence-electron chi connectivity index (χ0n) is 8.90. The summed E-state index contributed by atoms with van der Waals surface area (Å²) >= 11 is 0. The van der Waals surface area contributed by atoms with E-state index in [2.05, 4.69) is 0 Å². The number of rotatable bonds is 3. The molecular formula is C11H19F3. The SMILES string of the molecule is CCC(C)CC1CCCC1C(F)(F)F. The molecule has 1 saturated carbocycles. The van der Waals surface area contributed by atoms with Crippen LogP contribution >= 0.6 is 0 Å². The highest BCUT2D eigenvalue weighted by Crippen LogP contribution is 2.45. The molecule has 14 heavy (non-hydrogen) atoms. The van der Waals surface area contributed by atoms with Crippen LogP contribution < -0.4 is 0 Å². The first-order valence-corrected chi connectivity index (χ1v) is 5.51. The second-order valence-electron chi connectivity index (χ2n) is 4.59. The Balaban J connectivity index is 2.51. The topological polar surface area (TPSA) is 0 Å². The van der Waals surface area contributed by atoms with Crippen LogP contribution in [0.3, 0.4) is 0 Å². The van der Waals surface area contributed by atoms with E-state index in [4.69, 9.17) is 0 Å². The minimum Gasteiger partial charge on any atom is -0.171 e. The summed E-state index contributed by atoms with van der Waals surface area (Å²) in [5.74, 6) is -0.690. The molecule has 0 bridgehead atoms. The molecule has 3 unspecified atom stereocenters. The molecule has 0 radical (unpaired) electrons. The standard InChI is InChI=1S/C11H19F3/c1-3-8(2)7-9-5-4-6-10(9)11(12,13)14/h8-10H,3-7H2,1-2H3. The van der Waals surface area contributed by atoms with E-state index in [0.29, 0.717) is 12.3 Å². The molecule has 0 aromatic rings. The van der Waals surface area contributed by atoms with Crippen molar-refractivity contribution in [1.29, 1.82) is 0 Å². The van der Waals surface area contributed by atoms with Gasteiger partial charge in [0.05, 0.1) is 5.92 Å². The number of hydrogen-bond acceptors (Lipinski definition) is 0. The summed E-state index contributed by atoms with van der Waals surface area (Å²) in [6, 6.07) is 0. The lowest BCUT2D eigenvalue weighted by Crippen LogP contribution is -2.27. The first-order valence-electron chi connectivity index (χ1n) is 5.51. The first-order chi connectivity index (χ1) is 6.45. The van der Waals surface area contributed by atoms with Gasteiger partial charge in [-0.3, -0.25) is 0 Å². The molecule has 0 nitrogen and oxygen atoms in total. The van der Waals surface area contributed by atoms with E-state index in [1.807, 2.05) is 13.8 Å². The van der Waals surface area contributed by atoms with Gasteiger partial charge in [0.1, 0.15) is 0 Å². The van der Waals surface area contributed by atoms with Gasteiger partial charge in [0.2, 0.25) is 0 Å². The van der Waals surface area contributed by atoms with Crippen LogP contribution in [-0.2, 0) is 0 Å². The number of alkyl halides is 3. The quantitative estimate of drug-likeness (QED) is 0.644. The van der Waals surface area contributed by atoms with Gasteiger partial charge in [0.25, 0.3) is 0 Å². The molecule has 0 N–H and O–H groups in total. The Labute approximate surface area is 83.9 Å². The van der Waals surface area contributed by atoms with Gasteiger partial charge in [0.15, 0.2) is 0 Å². The highest BCUT2D eigenvalue weighted by atomic mass is 19.4. The van der Waals surface area contributed by atoms with Gasteiger partial charge in [-0.1, -0.05) is 26.7 Å². The van der Waals surface area contributed by atoms with E-state index in [1.54, 1.807) is 0 Å². The Hall–Kier alpha value is -0.210. The first kappa shape index (κ1) is 11.9. The average molecular weight is 208 g/mol. The Morgan fingerprint density at radius 1 is 1.29 bits per heavy atom. The summed E-state index contributed by atoms with van der Waals surface area (Å²) in [7, 11) is 0. The van der Waals surface area contributed by atoms with E-state index in [9.17, 15) is 13.2 Å². The van der Waals surface area contributed by atoms with Crippen LogP contribution in [0.5, 0.6) is 0 Å². The monoisotopic (exact) mass is 208 g/mol. The summed E-state index contributed by atoms with van der Waals surface area (Å²) in [6.45, 7) is 4.09. The summed E-state index contributed by atoms with van der Waals surface area (Å²) in [6.07, 6.45) is -0.346. The van der Waals surface area contributed by atoms with Crippen LogP contribution in [0, 0.1) is 17.8 Å². The Morgan fingerprint density at radius 2 is 1.93 bits per heavy atom. The van der Waals surface area contributed by atoms with Crippen LogP contribution in [-0.4, -0.2) is 6.18 Å². The van der Waals surface area contributed by atoms with Gasteiger partial charge in [-0.2, -0.15) is 13.2 Å². The molecule has 0 saturated heterocycles. The molecule has 1 rings (SSSR count). The van der Waals surface area contributed by atoms with Gasteiger partial charge >= 0.3 is 6.18 Å². The highest BCUT2D eigenvalue weighted by molar-refractivity contribution is 4.83. The van der Waals surface area contributed by atoms with Crippen molar-refractivity contribution in [2.24, 2.45) is 17.8 Å². The molecule has 3 atom stereocenters. The lowest BCUT2D eigenvalue weighted by atomic mass is 9.86. The molecule has 0 heterocycles. The van der Waals surface area contributed by atoms with Crippen molar-refractivity contribution in [2.45, 2.75) is 52.1 Å². The molecule has 3 heteroatoms. The molecule has 1 fully saturated rings. The van der Waals surface area contributed by atoms with E-state index in [0.717, 1.165) is 25.7 Å². The van der Waals surface area contributed by atoms with Crippen molar-refractivity contribution < 1.29 is 13.2 Å². The van der Waals surface area contributed by atoms with Gasteiger partial charge < -0.3 is 0 Å². The van der Waals surface area contributed by atoms with Crippen molar-refractivity contribution in [3.8, 4) is 0 Å². The molecule has 0 aromatic heterocycles. The zero-order chi connectivity index (χ0) is 10.8. The Kier molecular flexibility index (Phi) is 3.85. The van der Waals surface area contributed by atoms with E-state index >= 15 is 0 Å². The summed E-state index contributed by atoms with van der Waals surface area (Å²) in [5.41, 5.74) is 0. The van der Waals surface area contributed by atoms with Gasteiger partial charge in [-0.25, -0.2) is 0 Å². The predicted molar refractivity (Wildman–Crippen MR) is 51.0 cm³/mol. The maximum atomic E-state index is 12.6. The zero-order valence-corrected chi connectivity index (χ0v) is 8.90. The van der Waals surface area contributed by atoms with Crippen LogP contribution in [0.4, 0.5) is 13.2 Å². The molecule has 0 spiro atoms. The second-order valence-corrected chi connectivity index (χ2v) is 4.59. The maximum Gasteiger partial charge on any atom is 0.392 e. The normalized spacial score (nSPS) is 30.6. The fourth-order valence-corrected chi connectivity index (χ4v) is 2.43. The van der Waals surface area contributed by atoms with Crippen molar-refractivity contribution in [3.05, 3.63) is 0 Å². The van der Waals surface area contributed by atoms with E-state index < -0.39 is 12.1 Å². The third-order valence-corrected chi connectivity index (χ3v) is 3.48. The minimum atomic E-state index is -3.96. The van der Waals surface area contributed by atoms with Crippen molar-refractivity contribution in [3.63, 3.8) is 0 Å². The van der Waals surface area contributed by atoms with Crippen LogP contribution in [0.2, 0.25) is 0 Å². The third kappa shape index (κ3) is 2.89. The third-order valence-electron chi connectivity index (χ3n) is 3.48. The molecule has 84 valence electrons. The molecule has 0 aromatic carbocycles. The largest absolute Gasteiger partial charge is 0.392 e. The summed E-state index contributed by atoms with van der Waals surface area (Å²) < 4.78 is 37.7. The smallest absolute Gasteiger partial charge is 0.171 e. The van der Waals surface area contributed by atoms with Crippen LogP contribution in [0.15, 0.2) is 0 Å². The molecule has 1 aliphatic carbocycles. The number of hydrogen-bond donors (Lipinski definition) is 0. The Bertz CT molecular complexity index is 174. The lowest BCUT2D eigenvalue weighted by Gasteiger charge is -2.24. The molecule has 1 aliphatic rings. The van der Waals surface area contributed by atoms with Gasteiger partial charge in [0, 0.05) is 0 Å². The second kappa shape index (κ2) is 4.54. The number of halogens is 3. The maximum absolute atomic E-state index is 12.6. The molecular weight excluding hydrogens is 189 g/mol. The minimum absolute atomic E-state index is 0.107. The van der Waals surface area contributed by atoms with Crippen molar-refractivity contribution in [2.75, 3.05) is 0 Å². The Morgan fingerprint density at radius 3 is 2.43 bits per heavy atom. The highest BCUT2D eigenvalue weighted by Gasteiger charge is 2.46. The van der Waals surface area contributed by atoms with Crippen molar-refractivity contribution in [1.82, 2.24) is 0 Å². The lowest BCUT2D eigenvalue weighted by molar-refractivity contribution is -0.184. The predicted octanol–water partition coefficient (Wildman–Crippen LogP) is 4.40. The molecule has 0 amide bonds. The fraction of sp³-hybridized carbons (Fsp3) is 1.00. The average Bonchev–Trinajstić information content (AvgIpc) is 2.51. The van der Waals surface area contributed by atoms with Crippen molar-refractivity contribution >= 4 is 0 Å². The summed E-state index contributed by atoms with van der Waals surface area (Å²) in [5, 5.41) is 0. The van der Waals surface area contributed by atoms with Gasteiger partial charge in [-0.15, -0.1) is 0 Å².